The van der Waals surface area contributed by atoms with Crippen molar-refractivity contribution in [1.29, 1.82) is 0 Å². The monoisotopic (exact) mass is 522 g/mol. The van der Waals surface area contributed by atoms with E-state index in [1.165, 1.54) is 9.80 Å². The summed E-state index contributed by atoms with van der Waals surface area (Å²) < 4.78 is 0. The molecule has 4 amide bonds. The molecule has 0 bridgehead atoms. The van der Waals surface area contributed by atoms with Crippen molar-refractivity contribution >= 4 is 34.9 Å². The van der Waals surface area contributed by atoms with Crippen molar-refractivity contribution in [2.75, 3.05) is 35.3 Å². The second-order valence-electron chi connectivity index (χ2n) is 8.85. The molecule has 8 nitrogen and oxygen atoms in total. The molecule has 0 saturated carbocycles. The lowest BCUT2D eigenvalue weighted by Gasteiger charge is -2.25. The maximum Gasteiger partial charge on any atom is 0.319 e. The number of carbonyl (C=O) groups is 3. The summed E-state index contributed by atoms with van der Waals surface area (Å²) in [6, 6.07) is 33.5. The van der Waals surface area contributed by atoms with Crippen molar-refractivity contribution in [2.45, 2.75) is 6.10 Å². The molecule has 8 heteroatoms. The highest BCUT2D eigenvalue weighted by molar-refractivity contribution is 6.05. The number of anilines is 3. The molecule has 0 saturated heterocycles. The van der Waals surface area contributed by atoms with Crippen LogP contribution in [0.2, 0.25) is 0 Å². The first-order chi connectivity index (χ1) is 18.9. The van der Waals surface area contributed by atoms with Crippen molar-refractivity contribution in [3.8, 4) is 0 Å². The number of likely N-dealkylation sites (N-methyl/N-ethyl adjacent to an activating group) is 1. The van der Waals surface area contributed by atoms with Gasteiger partial charge in [-0.2, -0.15) is 0 Å². The predicted octanol–water partition coefficient (Wildman–Crippen LogP) is 4.59. The summed E-state index contributed by atoms with van der Waals surface area (Å²) in [5.41, 5.74) is 3.07. The molecule has 1 unspecified atom stereocenters. The number of hydrogen-bond acceptors (Lipinski definition) is 4. The molecule has 1 atom stereocenters. The molecule has 0 aliphatic heterocycles. The molecule has 0 fully saturated rings. The Kier molecular flexibility index (Phi) is 9.05. The molecule has 0 aliphatic rings. The van der Waals surface area contributed by atoms with Crippen LogP contribution in [0.1, 0.15) is 17.2 Å². The van der Waals surface area contributed by atoms with E-state index in [1.807, 2.05) is 66.7 Å². The number of nitrogens with one attached hydrogen (secondary N) is 2. The molecule has 0 spiro atoms. The Labute approximate surface area is 227 Å². The van der Waals surface area contributed by atoms with E-state index in [2.05, 4.69) is 10.6 Å². The summed E-state index contributed by atoms with van der Waals surface area (Å²) in [7, 11) is 1.65. The minimum absolute atomic E-state index is 0.197. The topological polar surface area (TPSA) is 102 Å². The van der Waals surface area contributed by atoms with Crippen LogP contribution >= 0.6 is 0 Å². The average molecular weight is 523 g/mol. The zero-order chi connectivity index (χ0) is 27.6. The Hall–Kier alpha value is -4.95. The van der Waals surface area contributed by atoms with E-state index in [9.17, 15) is 19.5 Å². The molecule has 0 heterocycles. The van der Waals surface area contributed by atoms with Gasteiger partial charge >= 0.3 is 6.03 Å². The number of rotatable bonds is 9. The van der Waals surface area contributed by atoms with E-state index in [0.717, 1.165) is 5.56 Å². The summed E-state index contributed by atoms with van der Waals surface area (Å²) in [6.45, 7) is -0.521. The minimum atomic E-state index is -0.844. The van der Waals surface area contributed by atoms with Crippen LogP contribution in [0.25, 0.3) is 0 Å². The van der Waals surface area contributed by atoms with E-state index < -0.39 is 18.0 Å². The lowest BCUT2D eigenvalue weighted by molar-refractivity contribution is -0.121. The van der Waals surface area contributed by atoms with Gasteiger partial charge in [-0.1, -0.05) is 78.9 Å². The number of urea groups is 1. The highest BCUT2D eigenvalue weighted by Gasteiger charge is 2.22. The van der Waals surface area contributed by atoms with Crippen molar-refractivity contribution in [3.05, 3.63) is 126 Å². The molecular weight excluding hydrogens is 492 g/mol. The van der Waals surface area contributed by atoms with E-state index in [-0.39, 0.29) is 19.0 Å². The Morgan fingerprint density at radius 1 is 0.718 bits per heavy atom. The maximum atomic E-state index is 13.2. The molecule has 0 aliphatic carbocycles. The summed E-state index contributed by atoms with van der Waals surface area (Å²) in [6.07, 6.45) is -0.844. The van der Waals surface area contributed by atoms with Crippen molar-refractivity contribution in [2.24, 2.45) is 0 Å². The lowest BCUT2D eigenvalue weighted by atomic mass is 10.0. The van der Waals surface area contributed by atoms with E-state index in [4.69, 9.17) is 0 Å². The molecule has 3 N–H and O–H groups in total. The first-order valence-corrected chi connectivity index (χ1v) is 12.5. The third kappa shape index (κ3) is 7.30. The van der Waals surface area contributed by atoms with E-state index >= 15 is 0 Å². The zero-order valence-electron chi connectivity index (χ0n) is 21.5. The highest BCUT2D eigenvalue weighted by atomic mass is 16.3. The first kappa shape index (κ1) is 27.1. The van der Waals surface area contributed by atoms with Gasteiger partial charge in [-0.25, -0.2) is 4.79 Å². The zero-order valence-corrected chi connectivity index (χ0v) is 21.5. The summed E-state index contributed by atoms with van der Waals surface area (Å²) in [4.78, 5) is 41.6. The number of para-hydroxylation sites is 2. The van der Waals surface area contributed by atoms with E-state index in [1.54, 1.807) is 55.6 Å². The Morgan fingerprint density at radius 2 is 1.28 bits per heavy atom. The number of hydrogen-bond donors (Lipinski definition) is 3. The van der Waals surface area contributed by atoms with Crippen LogP contribution in [0.15, 0.2) is 115 Å². The fraction of sp³-hybridized carbons (Fsp3) is 0.129. The van der Waals surface area contributed by atoms with Gasteiger partial charge in [0.05, 0.1) is 6.54 Å². The van der Waals surface area contributed by atoms with Crippen LogP contribution in [0, 0.1) is 0 Å². The lowest BCUT2D eigenvalue weighted by Crippen LogP contribution is -2.46. The average Bonchev–Trinajstić information content (AvgIpc) is 2.99. The van der Waals surface area contributed by atoms with Gasteiger partial charge < -0.3 is 25.5 Å². The van der Waals surface area contributed by atoms with Crippen LogP contribution in [-0.4, -0.2) is 43.1 Å². The normalized spacial score (nSPS) is 11.2. The molecule has 4 aromatic rings. The predicted molar refractivity (Wildman–Crippen MR) is 153 cm³/mol. The summed E-state index contributed by atoms with van der Waals surface area (Å²) in [5, 5.41) is 15.9. The third-order valence-corrected chi connectivity index (χ3v) is 6.16. The first-order valence-electron chi connectivity index (χ1n) is 12.5. The van der Waals surface area contributed by atoms with Gasteiger partial charge in [0.2, 0.25) is 11.8 Å². The van der Waals surface area contributed by atoms with Gasteiger partial charge in [0.15, 0.2) is 0 Å². The van der Waals surface area contributed by atoms with Crippen molar-refractivity contribution in [1.82, 2.24) is 5.32 Å². The van der Waals surface area contributed by atoms with Crippen molar-refractivity contribution in [3.63, 3.8) is 0 Å². The van der Waals surface area contributed by atoms with Crippen LogP contribution in [0.5, 0.6) is 0 Å². The fourth-order valence-electron chi connectivity index (χ4n) is 4.01. The maximum absolute atomic E-state index is 13.2. The Balaban J connectivity index is 1.39. The molecular formula is C31H30N4O4. The highest BCUT2D eigenvalue weighted by Crippen LogP contribution is 2.24. The van der Waals surface area contributed by atoms with Crippen LogP contribution in [0.3, 0.4) is 0 Å². The SMILES string of the molecule is CN(C(=O)CN(C(=O)CNC(=O)Nc1cccc(C(O)c2ccccc2)c1)c1ccccc1)c1ccccc1. The fourth-order valence-corrected chi connectivity index (χ4v) is 4.01. The third-order valence-electron chi connectivity index (χ3n) is 6.16. The van der Waals surface area contributed by atoms with Crippen LogP contribution < -0.4 is 20.4 Å². The number of benzene rings is 4. The molecule has 198 valence electrons. The number of aliphatic hydroxyl groups is 1. The minimum Gasteiger partial charge on any atom is -0.384 e. The standard InChI is InChI=1S/C31H30N4O4/c1-34(26-16-7-3-8-17-26)29(37)22-35(27-18-9-4-10-19-27)28(36)21-32-31(39)33-25-15-11-14-24(20-25)30(38)23-12-5-2-6-13-23/h2-20,30,38H,21-22H2,1H3,(H2,32,33,39). The Bertz CT molecular complexity index is 1400. The van der Waals surface area contributed by atoms with Gasteiger partial charge in [-0.05, 0) is 47.5 Å². The van der Waals surface area contributed by atoms with Gasteiger partial charge in [0, 0.05) is 24.1 Å². The molecule has 4 aromatic carbocycles. The van der Waals surface area contributed by atoms with Crippen LogP contribution in [0.4, 0.5) is 21.9 Å². The van der Waals surface area contributed by atoms with E-state index in [0.29, 0.717) is 22.6 Å². The number of aliphatic hydroxyl groups excluding tert-OH is 1. The number of carbonyl (C=O) groups excluding carboxylic acids is 3. The second kappa shape index (κ2) is 13.0. The number of amides is 4. The second-order valence-corrected chi connectivity index (χ2v) is 8.85. The molecule has 0 radical (unpaired) electrons. The number of nitrogens with zero attached hydrogens (tertiary/aromatic N) is 2. The van der Waals surface area contributed by atoms with Gasteiger partial charge in [-0.15, -0.1) is 0 Å². The molecule has 4 rings (SSSR count). The molecule has 0 aromatic heterocycles. The van der Waals surface area contributed by atoms with Crippen molar-refractivity contribution < 1.29 is 19.5 Å². The largest absolute Gasteiger partial charge is 0.384 e. The van der Waals surface area contributed by atoms with Crippen LogP contribution in [-0.2, 0) is 9.59 Å². The van der Waals surface area contributed by atoms with Gasteiger partial charge in [0.1, 0.15) is 12.6 Å². The van der Waals surface area contributed by atoms with Gasteiger partial charge in [0.25, 0.3) is 0 Å². The summed E-state index contributed by atoms with van der Waals surface area (Å²) >= 11 is 0. The Morgan fingerprint density at radius 3 is 1.92 bits per heavy atom. The smallest absolute Gasteiger partial charge is 0.319 e. The quantitative estimate of drug-likeness (QED) is 0.299. The molecule has 39 heavy (non-hydrogen) atoms. The van der Waals surface area contributed by atoms with Gasteiger partial charge in [-0.3, -0.25) is 9.59 Å². The summed E-state index contributed by atoms with van der Waals surface area (Å²) in [5.74, 6) is -0.726.